The van der Waals surface area contributed by atoms with Gasteiger partial charge in [-0.25, -0.2) is 0 Å². The number of nitrogens with one attached hydrogen (secondary N) is 1. The smallest absolute Gasteiger partial charge is 0.258 e. The lowest BCUT2D eigenvalue weighted by molar-refractivity contribution is -0.126. The largest absolute Gasteiger partial charge is 0.493 e. The quantitative estimate of drug-likeness (QED) is 0.420. The van der Waals surface area contributed by atoms with Gasteiger partial charge < -0.3 is 24.3 Å². The number of hydrogen-bond acceptors (Lipinski definition) is 8. The van der Waals surface area contributed by atoms with E-state index in [1.165, 1.54) is 53.6 Å². The summed E-state index contributed by atoms with van der Waals surface area (Å²) in [6, 6.07) is 4.60. The van der Waals surface area contributed by atoms with Gasteiger partial charge in [0, 0.05) is 12.1 Å². The second kappa shape index (κ2) is 10.8. The average Bonchev–Trinajstić information content (AvgIpc) is 2.75. The Bertz CT molecular complexity index is 1010. The SMILES string of the molecule is COc1cc(Cl)c(NC(=O)C(N=Nc2c(Cl)ccc(OC)c2OC)C(C)=O)cc1OC. The molecule has 11 heteroatoms. The van der Waals surface area contributed by atoms with E-state index in [2.05, 4.69) is 15.5 Å². The third kappa shape index (κ3) is 5.56. The van der Waals surface area contributed by atoms with Gasteiger partial charge in [-0.05, 0) is 19.1 Å². The summed E-state index contributed by atoms with van der Waals surface area (Å²) in [6.45, 7) is 1.21. The number of halogens is 2. The Morgan fingerprint density at radius 1 is 0.903 bits per heavy atom. The molecule has 1 amide bonds. The molecule has 0 fully saturated rings. The van der Waals surface area contributed by atoms with Gasteiger partial charge in [-0.1, -0.05) is 23.2 Å². The summed E-state index contributed by atoms with van der Waals surface area (Å²) >= 11 is 12.4. The van der Waals surface area contributed by atoms with Crippen molar-refractivity contribution in [2.45, 2.75) is 13.0 Å². The predicted octanol–water partition coefficient (Wildman–Crippen LogP) is 4.71. The summed E-state index contributed by atoms with van der Waals surface area (Å²) in [7, 11) is 5.75. The predicted molar refractivity (Wildman–Crippen MR) is 117 cm³/mol. The fourth-order valence-electron chi connectivity index (χ4n) is 2.56. The van der Waals surface area contributed by atoms with Gasteiger partial charge in [0.15, 0.2) is 28.8 Å². The maximum Gasteiger partial charge on any atom is 0.258 e. The van der Waals surface area contributed by atoms with Crippen molar-refractivity contribution in [3.8, 4) is 23.0 Å². The molecule has 0 bridgehead atoms. The zero-order chi connectivity index (χ0) is 23.1. The number of hydrogen-bond donors (Lipinski definition) is 1. The van der Waals surface area contributed by atoms with Crippen LogP contribution in [0.1, 0.15) is 6.92 Å². The van der Waals surface area contributed by atoms with Crippen LogP contribution in [0.5, 0.6) is 23.0 Å². The molecule has 0 aromatic heterocycles. The van der Waals surface area contributed by atoms with E-state index in [1.54, 1.807) is 6.07 Å². The van der Waals surface area contributed by atoms with Gasteiger partial charge in [0.1, 0.15) is 5.69 Å². The van der Waals surface area contributed by atoms with Crippen molar-refractivity contribution < 1.29 is 28.5 Å². The van der Waals surface area contributed by atoms with E-state index < -0.39 is 17.7 Å². The van der Waals surface area contributed by atoms with E-state index in [0.29, 0.717) is 17.2 Å². The lowest BCUT2D eigenvalue weighted by Gasteiger charge is -2.14. The summed E-state index contributed by atoms with van der Waals surface area (Å²) in [5, 5.41) is 10.8. The molecule has 0 aliphatic rings. The average molecular weight is 470 g/mol. The number of ketones is 1. The van der Waals surface area contributed by atoms with Crippen molar-refractivity contribution in [2.75, 3.05) is 33.8 Å². The number of amides is 1. The molecule has 0 spiro atoms. The first kappa shape index (κ1) is 24.2. The van der Waals surface area contributed by atoms with E-state index >= 15 is 0 Å². The number of carbonyl (C=O) groups is 2. The molecule has 0 heterocycles. The first-order valence-corrected chi connectivity index (χ1v) is 9.57. The number of methoxy groups -OCH3 is 4. The summed E-state index contributed by atoms with van der Waals surface area (Å²) in [6.07, 6.45) is 0. The van der Waals surface area contributed by atoms with Crippen molar-refractivity contribution in [1.82, 2.24) is 0 Å². The molecule has 166 valence electrons. The van der Waals surface area contributed by atoms with Crippen LogP contribution in [0.3, 0.4) is 0 Å². The highest BCUT2D eigenvalue weighted by Crippen LogP contribution is 2.42. The molecule has 2 aromatic carbocycles. The Morgan fingerprint density at radius 2 is 1.52 bits per heavy atom. The maximum absolute atomic E-state index is 12.7. The fraction of sp³-hybridized carbons (Fsp3) is 0.300. The molecule has 2 aromatic rings. The van der Waals surface area contributed by atoms with Crippen molar-refractivity contribution in [3.05, 3.63) is 34.3 Å². The molecule has 0 radical (unpaired) electrons. The molecule has 0 saturated heterocycles. The fourth-order valence-corrected chi connectivity index (χ4v) is 2.95. The van der Waals surface area contributed by atoms with Crippen LogP contribution in [0.2, 0.25) is 10.0 Å². The van der Waals surface area contributed by atoms with E-state index in [1.807, 2.05) is 0 Å². The molecule has 31 heavy (non-hydrogen) atoms. The van der Waals surface area contributed by atoms with Gasteiger partial charge in [-0.3, -0.25) is 9.59 Å². The highest BCUT2D eigenvalue weighted by atomic mass is 35.5. The van der Waals surface area contributed by atoms with Crippen LogP contribution >= 0.6 is 23.2 Å². The lowest BCUT2D eigenvalue weighted by Crippen LogP contribution is -2.32. The Labute approximate surface area is 189 Å². The third-order valence-corrected chi connectivity index (χ3v) is 4.73. The van der Waals surface area contributed by atoms with Crippen molar-refractivity contribution in [2.24, 2.45) is 10.2 Å². The van der Waals surface area contributed by atoms with Crippen LogP contribution in [0.4, 0.5) is 11.4 Å². The number of anilines is 1. The van der Waals surface area contributed by atoms with Crippen molar-refractivity contribution in [3.63, 3.8) is 0 Å². The molecule has 1 atom stereocenters. The zero-order valence-corrected chi connectivity index (χ0v) is 19.0. The lowest BCUT2D eigenvalue weighted by atomic mass is 10.2. The monoisotopic (exact) mass is 469 g/mol. The first-order chi connectivity index (χ1) is 14.8. The van der Waals surface area contributed by atoms with Crippen molar-refractivity contribution >= 4 is 46.3 Å². The number of ether oxygens (including phenoxy) is 4. The molecule has 1 unspecified atom stereocenters. The summed E-state index contributed by atoms with van der Waals surface area (Å²) < 4.78 is 20.8. The highest BCUT2D eigenvalue weighted by Gasteiger charge is 2.25. The number of rotatable bonds is 9. The third-order valence-electron chi connectivity index (χ3n) is 4.11. The minimum absolute atomic E-state index is 0.117. The number of benzene rings is 2. The van der Waals surface area contributed by atoms with Crippen LogP contribution in [0, 0.1) is 0 Å². The van der Waals surface area contributed by atoms with E-state index in [4.69, 9.17) is 42.1 Å². The Hall–Kier alpha value is -3.04. The van der Waals surface area contributed by atoms with E-state index in [0.717, 1.165) is 0 Å². The molecule has 9 nitrogen and oxygen atoms in total. The van der Waals surface area contributed by atoms with Gasteiger partial charge in [0.05, 0.1) is 44.2 Å². The van der Waals surface area contributed by atoms with E-state index in [-0.39, 0.29) is 27.2 Å². The molecule has 0 aliphatic heterocycles. The Balaban J connectivity index is 2.36. The highest BCUT2D eigenvalue weighted by molar-refractivity contribution is 6.34. The molecular formula is C20H21Cl2N3O6. The zero-order valence-electron chi connectivity index (χ0n) is 17.5. The number of nitrogens with zero attached hydrogens (tertiary/aromatic N) is 2. The Kier molecular flexibility index (Phi) is 8.47. The molecular weight excluding hydrogens is 449 g/mol. The Morgan fingerprint density at radius 3 is 2.06 bits per heavy atom. The summed E-state index contributed by atoms with van der Waals surface area (Å²) in [5.41, 5.74) is 0.328. The standard InChI is InChI=1S/C20H21Cl2N3O6/c1-10(26)17(24-25-18-11(21)6-7-14(28-2)19(18)31-5)20(27)23-13-9-16(30-4)15(29-3)8-12(13)22/h6-9,17H,1-5H3,(H,23,27). The number of carbonyl (C=O) groups excluding carboxylic acids is 2. The minimum Gasteiger partial charge on any atom is -0.493 e. The normalized spacial score (nSPS) is 11.7. The molecule has 0 aliphatic carbocycles. The van der Waals surface area contributed by atoms with Gasteiger partial charge >= 0.3 is 0 Å². The number of azo groups is 1. The van der Waals surface area contributed by atoms with Gasteiger partial charge in [0.2, 0.25) is 6.04 Å². The second-order valence-corrected chi connectivity index (χ2v) is 6.85. The van der Waals surface area contributed by atoms with Crippen LogP contribution in [0.25, 0.3) is 0 Å². The summed E-state index contributed by atoms with van der Waals surface area (Å²) in [4.78, 5) is 24.8. The topological polar surface area (TPSA) is 108 Å². The summed E-state index contributed by atoms with van der Waals surface area (Å²) in [5.74, 6) is 0.00883. The van der Waals surface area contributed by atoms with E-state index in [9.17, 15) is 9.59 Å². The van der Waals surface area contributed by atoms with Crippen LogP contribution in [-0.2, 0) is 9.59 Å². The molecule has 0 saturated carbocycles. The first-order valence-electron chi connectivity index (χ1n) is 8.81. The number of Topliss-reactive ketones (excluding diaryl/α,β-unsaturated/α-hetero) is 1. The maximum atomic E-state index is 12.7. The van der Waals surface area contributed by atoms with Crippen LogP contribution in [0.15, 0.2) is 34.5 Å². The van der Waals surface area contributed by atoms with Gasteiger partial charge in [0.25, 0.3) is 5.91 Å². The van der Waals surface area contributed by atoms with Crippen molar-refractivity contribution in [1.29, 1.82) is 0 Å². The molecule has 2 rings (SSSR count). The molecule has 1 N–H and O–H groups in total. The second-order valence-electron chi connectivity index (χ2n) is 6.04. The minimum atomic E-state index is -1.46. The van der Waals surface area contributed by atoms with Crippen LogP contribution in [-0.4, -0.2) is 46.2 Å². The van der Waals surface area contributed by atoms with Crippen LogP contribution < -0.4 is 24.3 Å². The van der Waals surface area contributed by atoms with Gasteiger partial charge in [-0.15, -0.1) is 5.11 Å². The van der Waals surface area contributed by atoms with Gasteiger partial charge in [-0.2, -0.15) is 5.11 Å².